The van der Waals surface area contributed by atoms with Crippen LogP contribution >= 0.6 is 0 Å². The van der Waals surface area contributed by atoms with Crippen molar-refractivity contribution < 1.29 is 14.3 Å². The highest BCUT2D eigenvalue weighted by Gasteiger charge is 2.11. The third-order valence-corrected chi connectivity index (χ3v) is 2.29. The van der Waals surface area contributed by atoms with Crippen molar-refractivity contribution in [3.8, 4) is 5.75 Å². The number of aromatic nitrogens is 1. The fourth-order valence-corrected chi connectivity index (χ4v) is 1.51. The maximum absolute atomic E-state index is 11.4. The molecule has 15 heavy (non-hydrogen) atoms. The number of H-pyrrole nitrogens is 1. The molecule has 0 amide bonds. The van der Waals surface area contributed by atoms with Crippen LogP contribution in [0.4, 0.5) is 0 Å². The topological polar surface area (TPSA) is 51.3 Å². The zero-order valence-electron chi connectivity index (χ0n) is 8.53. The molecule has 0 fully saturated rings. The number of benzene rings is 1. The van der Waals surface area contributed by atoms with Gasteiger partial charge in [-0.2, -0.15) is 0 Å². The van der Waals surface area contributed by atoms with Crippen LogP contribution in [-0.2, 0) is 4.74 Å². The first-order valence-electron chi connectivity index (χ1n) is 4.49. The molecular formula is C11H11NO3. The zero-order valence-corrected chi connectivity index (χ0v) is 8.53. The summed E-state index contributed by atoms with van der Waals surface area (Å²) in [4.78, 5) is 14.4. The van der Waals surface area contributed by atoms with Crippen LogP contribution in [0.5, 0.6) is 5.75 Å². The summed E-state index contributed by atoms with van der Waals surface area (Å²) in [7, 11) is 2.97. The van der Waals surface area contributed by atoms with Gasteiger partial charge in [-0.1, -0.05) is 0 Å². The predicted octanol–water partition coefficient (Wildman–Crippen LogP) is 1.96. The summed E-state index contributed by atoms with van der Waals surface area (Å²) >= 11 is 0. The van der Waals surface area contributed by atoms with Crippen molar-refractivity contribution in [1.29, 1.82) is 0 Å². The van der Waals surface area contributed by atoms with Gasteiger partial charge in [-0.15, -0.1) is 0 Å². The Morgan fingerprint density at radius 2 is 2.13 bits per heavy atom. The second kappa shape index (κ2) is 3.65. The van der Waals surface area contributed by atoms with Gasteiger partial charge in [0.05, 0.1) is 19.8 Å². The molecule has 1 N–H and O–H groups in total. The number of aromatic amines is 1. The van der Waals surface area contributed by atoms with Crippen molar-refractivity contribution in [3.63, 3.8) is 0 Å². The van der Waals surface area contributed by atoms with E-state index in [9.17, 15) is 4.79 Å². The van der Waals surface area contributed by atoms with Crippen molar-refractivity contribution in [1.82, 2.24) is 4.98 Å². The number of esters is 1. The Labute approximate surface area is 86.8 Å². The number of nitrogens with one attached hydrogen (secondary N) is 1. The van der Waals surface area contributed by atoms with Crippen molar-refractivity contribution in [2.45, 2.75) is 0 Å². The first kappa shape index (κ1) is 9.58. The number of carbonyl (C=O) groups excluding carboxylic acids is 1. The van der Waals surface area contributed by atoms with Gasteiger partial charge in [0, 0.05) is 23.2 Å². The van der Waals surface area contributed by atoms with Gasteiger partial charge in [-0.25, -0.2) is 4.79 Å². The van der Waals surface area contributed by atoms with Gasteiger partial charge in [-0.3, -0.25) is 0 Å². The molecule has 2 rings (SSSR count). The summed E-state index contributed by atoms with van der Waals surface area (Å²) in [5, 5.41) is 0.836. The molecule has 0 bridgehead atoms. The average Bonchev–Trinajstić information content (AvgIpc) is 2.70. The summed E-state index contributed by atoms with van der Waals surface area (Å²) in [6.07, 6.45) is 1.63. The molecule has 1 aromatic heterocycles. The molecule has 0 aliphatic rings. The smallest absolute Gasteiger partial charge is 0.340 e. The molecule has 0 saturated heterocycles. The van der Waals surface area contributed by atoms with E-state index in [1.807, 2.05) is 18.2 Å². The summed E-state index contributed by atoms with van der Waals surface area (Å²) in [6.45, 7) is 0. The molecule has 78 valence electrons. The Balaban J connectivity index is 2.57. The Morgan fingerprint density at radius 3 is 2.80 bits per heavy atom. The predicted molar refractivity (Wildman–Crippen MR) is 56.2 cm³/mol. The summed E-state index contributed by atoms with van der Waals surface area (Å²) in [5.74, 6) is 0.409. The molecule has 0 spiro atoms. The maximum atomic E-state index is 11.4. The number of hydrogen-bond donors (Lipinski definition) is 1. The molecule has 2 aromatic rings. The monoisotopic (exact) mass is 205 g/mol. The van der Waals surface area contributed by atoms with E-state index in [4.69, 9.17) is 4.74 Å². The SMILES string of the molecule is COC(=O)c1c[nH]c2cc(OC)ccc12. The highest BCUT2D eigenvalue weighted by Crippen LogP contribution is 2.23. The van der Waals surface area contributed by atoms with Crippen LogP contribution in [0.25, 0.3) is 10.9 Å². The molecule has 4 nitrogen and oxygen atoms in total. The van der Waals surface area contributed by atoms with E-state index in [0.29, 0.717) is 5.56 Å². The van der Waals surface area contributed by atoms with Crippen LogP contribution in [-0.4, -0.2) is 25.2 Å². The van der Waals surface area contributed by atoms with Crippen LogP contribution in [0.2, 0.25) is 0 Å². The molecule has 1 aromatic carbocycles. The second-order valence-electron chi connectivity index (χ2n) is 3.11. The molecular weight excluding hydrogens is 194 g/mol. The Bertz CT molecular complexity index is 502. The molecule has 0 saturated carbocycles. The lowest BCUT2D eigenvalue weighted by molar-refractivity contribution is 0.0603. The zero-order chi connectivity index (χ0) is 10.8. The highest BCUT2D eigenvalue weighted by atomic mass is 16.5. The first-order valence-corrected chi connectivity index (χ1v) is 4.49. The number of fused-ring (bicyclic) bond motifs is 1. The molecule has 0 atom stereocenters. The average molecular weight is 205 g/mol. The van der Waals surface area contributed by atoms with E-state index >= 15 is 0 Å². The fourth-order valence-electron chi connectivity index (χ4n) is 1.51. The largest absolute Gasteiger partial charge is 0.497 e. The molecule has 1 heterocycles. The lowest BCUT2D eigenvalue weighted by Gasteiger charge is -1.99. The Kier molecular flexibility index (Phi) is 2.33. The summed E-state index contributed by atoms with van der Waals surface area (Å²) in [6, 6.07) is 5.47. The van der Waals surface area contributed by atoms with E-state index in [1.165, 1.54) is 7.11 Å². The van der Waals surface area contributed by atoms with Gasteiger partial charge in [0.1, 0.15) is 5.75 Å². The Hall–Kier alpha value is -1.97. The van der Waals surface area contributed by atoms with E-state index < -0.39 is 0 Å². The molecule has 0 radical (unpaired) electrons. The Morgan fingerprint density at radius 1 is 1.33 bits per heavy atom. The van der Waals surface area contributed by atoms with E-state index in [1.54, 1.807) is 13.3 Å². The maximum Gasteiger partial charge on any atom is 0.340 e. The lowest BCUT2D eigenvalue weighted by Crippen LogP contribution is -1.99. The standard InChI is InChI=1S/C11H11NO3/c1-14-7-3-4-8-9(11(13)15-2)6-12-10(8)5-7/h3-6,12H,1-2H3. The van der Waals surface area contributed by atoms with Crippen LogP contribution in [0, 0.1) is 0 Å². The van der Waals surface area contributed by atoms with Crippen molar-refractivity contribution >= 4 is 16.9 Å². The van der Waals surface area contributed by atoms with Crippen molar-refractivity contribution in [3.05, 3.63) is 30.0 Å². The third-order valence-electron chi connectivity index (χ3n) is 2.29. The first-order chi connectivity index (χ1) is 7.26. The number of ether oxygens (including phenoxy) is 2. The minimum atomic E-state index is -0.341. The summed E-state index contributed by atoms with van der Waals surface area (Å²) in [5.41, 5.74) is 1.39. The lowest BCUT2D eigenvalue weighted by atomic mass is 10.2. The quantitative estimate of drug-likeness (QED) is 0.762. The van der Waals surface area contributed by atoms with Gasteiger partial charge >= 0.3 is 5.97 Å². The van der Waals surface area contributed by atoms with E-state index in [2.05, 4.69) is 9.72 Å². The minimum absolute atomic E-state index is 0.341. The second-order valence-corrected chi connectivity index (χ2v) is 3.11. The molecule has 4 heteroatoms. The normalized spacial score (nSPS) is 10.3. The van der Waals surface area contributed by atoms with Crippen molar-refractivity contribution in [2.24, 2.45) is 0 Å². The van der Waals surface area contributed by atoms with Crippen molar-refractivity contribution in [2.75, 3.05) is 14.2 Å². The van der Waals surface area contributed by atoms with Gasteiger partial charge in [-0.05, 0) is 12.1 Å². The van der Waals surface area contributed by atoms with Crippen LogP contribution in [0.1, 0.15) is 10.4 Å². The minimum Gasteiger partial charge on any atom is -0.497 e. The van der Waals surface area contributed by atoms with E-state index in [0.717, 1.165) is 16.7 Å². The molecule has 0 aliphatic heterocycles. The van der Waals surface area contributed by atoms with Gasteiger partial charge < -0.3 is 14.5 Å². The number of rotatable bonds is 2. The van der Waals surface area contributed by atoms with E-state index in [-0.39, 0.29) is 5.97 Å². The highest BCUT2D eigenvalue weighted by molar-refractivity contribution is 6.04. The molecule has 0 aliphatic carbocycles. The third kappa shape index (κ3) is 1.54. The van der Waals surface area contributed by atoms with Gasteiger partial charge in [0.15, 0.2) is 0 Å². The van der Waals surface area contributed by atoms with Crippen LogP contribution < -0.4 is 4.74 Å². The van der Waals surface area contributed by atoms with Gasteiger partial charge in [0.25, 0.3) is 0 Å². The van der Waals surface area contributed by atoms with Crippen LogP contribution in [0.15, 0.2) is 24.4 Å². The number of carbonyl (C=O) groups is 1. The summed E-state index contributed by atoms with van der Waals surface area (Å²) < 4.78 is 9.75. The van der Waals surface area contributed by atoms with Crippen LogP contribution in [0.3, 0.4) is 0 Å². The number of hydrogen-bond acceptors (Lipinski definition) is 3. The molecule has 0 unspecified atom stereocenters. The van der Waals surface area contributed by atoms with Gasteiger partial charge in [0.2, 0.25) is 0 Å². The number of methoxy groups -OCH3 is 2. The fraction of sp³-hybridized carbons (Fsp3) is 0.182.